The van der Waals surface area contributed by atoms with Gasteiger partial charge in [-0.25, -0.2) is 4.98 Å². The first-order chi connectivity index (χ1) is 5.27. The van der Waals surface area contributed by atoms with Gasteiger partial charge < -0.3 is 10.1 Å². The van der Waals surface area contributed by atoms with Gasteiger partial charge in [-0.05, 0) is 28.1 Å². The van der Waals surface area contributed by atoms with Crippen molar-refractivity contribution in [2.45, 2.75) is 0 Å². The van der Waals surface area contributed by atoms with Gasteiger partial charge in [-0.3, -0.25) is 0 Å². The maximum atomic E-state index is 5.67. The molecule has 2 aromatic rings. The Kier molecular flexibility index (Phi) is 1.35. The summed E-state index contributed by atoms with van der Waals surface area (Å²) in [4.78, 5) is 4.17. The van der Waals surface area contributed by atoms with E-state index in [1.54, 1.807) is 0 Å². The number of nitrogens with zero attached hydrogens (tertiary/aromatic N) is 2. The second kappa shape index (κ2) is 2.23. The molecular formula is C7H6BrN3. The van der Waals surface area contributed by atoms with Crippen LogP contribution in [0.3, 0.4) is 0 Å². The van der Waals surface area contributed by atoms with Crippen molar-refractivity contribution in [3.05, 3.63) is 29.1 Å². The molecule has 0 aliphatic heterocycles. The molecule has 2 N–H and O–H groups in total. The summed E-state index contributed by atoms with van der Waals surface area (Å²) in [6.45, 7) is 0. The largest absolute Gasteiger partial charge is 0.396 e. The fraction of sp³-hybridized carbons (Fsp3) is 0. The number of fused-ring (bicyclic) bond motifs is 1. The van der Waals surface area contributed by atoms with Crippen molar-refractivity contribution in [2.75, 3.05) is 5.73 Å². The highest BCUT2D eigenvalue weighted by molar-refractivity contribution is 9.10. The highest BCUT2D eigenvalue weighted by Crippen LogP contribution is 2.15. The van der Waals surface area contributed by atoms with E-state index < -0.39 is 0 Å². The van der Waals surface area contributed by atoms with E-state index in [0.29, 0.717) is 5.69 Å². The Labute approximate surface area is 72.0 Å². The number of aromatic nitrogens is 2. The highest BCUT2D eigenvalue weighted by atomic mass is 79.9. The van der Waals surface area contributed by atoms with Crippen LogP contribution >= 0.6 is 15.9 Å². The van der Waals surface area contributed by atoms with Crippen molar-refractivity contribution in [3.8, 4) is 0 Å². The van der Waals surface area contributed by atoms with Crippen LogP contribution in [0.4, 0.5) is 5.69 Å². The van der Waals surface area contributed by atoms with E-state index in [4.69, 9.17) is 5.73 Å². The van der Waals surface area contributed by atoms with Crippen molar-refractivity contribution in [2.24, 2.45) is 0 Å². The average molecular weight is 212 g/mol. The summed E-state index contributed by atoms with van der Waals surface area (Å²) in [7, 11) is 0. The number of imidazole rings is 1. The van der Waals surface area contributed by atoms with Crippen LogP contribution in [-0.2, 0) is 0 Å². The van der Waals surface area contributed by atoms with Crippen LogP contribution in [0.25, 0.3) is 5.65 Å². The van der Waals surface area contributed by atoms with E-state index in [1.165, 1.54) is 0 Å². The van der Waals surface area contributed by atoms with Crippen molar-refractivity contribution >= 4 is 27.3 Å². The van der Waals surface area contributed by atoms with Gasteiger partial charge in [0.2, 0.25) is 0 Å². The lowest BCUT2D eigenvalue weighted by molar-refractivity contribution is 1.19. The van der Waals surface area contributed by atoms with E-state index in [1.807, 2.05) is 28.9 Å². The standard InChI is InChI=1S/C7H6BrN3/c8-6-4-11-3-1-2-5(9)7(11)10-6/h1-4H,9H2. The molecule has 0 aromatic carbocycles. The summed E-state index contributed by atoms with van der Waals surface area (Å²) < 4.78 is 2.68. The third-order valence-corrected chi connectivity index (χ3v) is 1.87. The lowest BCUT2D eigenvalue weighted by Crippen LogP contribution is -1.90. The Morgan fingerprint density at radius 2 is 2.36 bits per heavy atom. The van der Waals surface area contributed by atoms with Gasteiger partial charge >= 0.3 is 0 Å². The minimum Gasteiger partial charge on any atom is -0.396 e. The molecule has 2 rings (SSSR count). The van der Waals surface area contributed by atoms with Crippen molar-refractivity contribution in [3.63, 3.8) is 0 Å². The normalized spacial score (nSPS) is 10.6. The third kappa shape index (κ3) is 0.991. The predicted molar refractivity (Wildman–Crippen MR) is 47.3 cm³/mol. The molecule has 0 bridgehead atoms. The van der Waals surface area contributed by atoms with Crippen molar-refractivity contribution in [1.82, 2.24) is 9.38 Å². The molecule has 11 heavy (non-hydrogen) atoms. The number of anilines is 1. The number of pyridine rings is 1. The molecule has 0 radical (unpaired) electrons. The Balaban J connectivity index is 2.90. The number of hydrogen-bond acceptors (Lipinski definition) is 2. The monoisotopic (exact) mass is 211 g/mol. The van der Waals surface area contributed by atoms with E-state index in [0.717, 1.165) is 10.3 Å². The quantitative estimate of drug-likeness (QED) is 0.721. The van der Waals surface area contributed by atoms with E-state index in [9.17, 15) is 0 Å². The first kappa shape index (κ1) is 6.67. The molecule has 4 heteroatoms. The van der Waals surface area contributed by atoms with Gasteiger partial charge in [-0.15, -0.1) is 0 Å². The Morgan fingerprint density at radius 1 is 1.55 bits per heavy atom. The molecule has 0 aliphatic carbocycles. The van der Waals surface area contributed by atoms with Gasteiger partial charge in [0, 0.05) is 12.4 Å². The predicted octanol–water partition coefficient (Wildman–Crippen LogP) is 1.68. The molecule has 0 saturated heterocycles. The summed E-state index contributed by atoms with van der Waals surface area (Å²) >= 11 is 3.27. The smallest absolute Gasteiger partial charge is 0.161 e. The van der Waals surface area contributed by atoms with E-state index in [-0.39, 0.29) is 0 Å². The fourth-order valence-corrected chi connectivity index (χ4v) is 1.39. The van der Waals surface area contributed by atoms with Gasteiger partial charge in [0.15, 0.2) is 5.65 Å². The molecule has 2 aromatic heterocycles. The van der Waals surface area contributed by atoms with Crippen molar-refractivity contribution in [1.29, 1.82) is 0 Å². The maximum Gasteiger partial charge on any atom is 0.161 e. The number of halogens is 1. The minimum atomic E-state index is 0.693. The second-order valence-electron chi connectivity index (χ2n) is 2.26. The molecule has 0 atom stereocenters. The van der Waals surface area contributed by atoms with E-state index >= 15 is 0 Å². The van der Waals surface area contributed by atoms with Crippen LogP contribution in [0, 0.1) is 0 Å². The first-order valence-corrected chi connectivity index (χ1v) is 3.95. The van der Waals surface area contributed by atoms with Gasteiger partial charge in [0.05, 0.1) is 5.69 Å². The van der Waals surface area contributed by atoms with E-state index in [2.05, 4.69) is 20.9 Å². The molecule has 0 aliphatic rings. The zero-order valence-electron chi connectivity index (χ0n) is 5.66. The van der Waals surface area contributed by atoms with Gasteiger partial charge in [-0.1, -0.05) is 0 Å². The summed E-state index contributed by atoms with van der Waals surface area (Å²) in [6, 6.07) is 3.71. The zero-order chi connectivity index (χ0) is 7.84. The van der Waals surface area contributed by atoms with Crippen LogP contribution in [0.2, 0.25) is 0 Å². The average Bonchev–Trinajstić information content (AvgIpc) is 2.31. The van der Waals surface area contributed by atoms with Crippen LogP contribution in [-0.4, -0.2) is 9.38 Å². The fourth-order valence-electron chi connectivity index (χ4n) is 1.00. The number of rotatable bonds is 0. The highest BCUT2D eigenvalue weighted by Gasteiger charge is 1.99. The lowest BCUT2D eigenvalue weighted by Gasteiger charge is -1.93. The summed E-state index contributed by atoms with van der Waals surface area (Å²) in [5.74, 6) is 0. The summed E-state index contributed by atoms with van der Waals surface area (Å²) in [5, 5.41) is 0. The molecule has 0 spiro atoms. The molecule has 0 fully saturated rings. The Hall–Kier alpha value is -1.03. The number of hydrogen-bond donors (Lipinski definition) is 1. The van der Waals surface area contributed by atoms with Crippen LogP contribution < -0.4 is 5.73 Å². The lowest BCUT2D eigenvalue weighted by atomic mass is 10.4. The first-order valence-electron chi connectivity index (χ1n) is 3.16. The molecule has 2 heterocycles. The molecule has 3 nitrogen and oxygen atoms in total. The van der Waals surface area contributed by atoms with Gasteiger partial charge in [0.1, 0.15) is 4.60 Å². The number of nitrogen functional groups attached to an aromatic ring is 1. The Bertz CT molecular complexity index is 393. The Morgan fingerprint density at radius 3 is 3.09 bits per heavy atom. The molecule has 0 saturated carbocycles. The molecule has 56 valence electrons. The van der Waals surface area contributed by atoms with Crippen LogP contribution in [0.15, 0.2) is 29.1 Å². The topological polar surface area (TPSA) is 43.3 Å². The van der Waals surface area contributed by atoms with Gasteiger partial charge in [-0.2, -0.15) is 0 Å². The van der Waals surface area contributed by atoms with Crippen LogP contribution in [0.1, 0.15) is 0 Å². The zero-order valence-corrected chi connectivity index (χ0v) is 7.25. The second-order valence-corrected chi connectivity index (χ2v) is 3.07. The summed E-state index contributed by atoms with van der Waals surface area (Å²) in [6.07, 6.45) is 3.77. The molecular weight excluding hydrogens is 206 g/mol. The third-order valence-electron chi connectivity index (χ3n) is 1.48. The molecule has 0 amide bonds. The molecule has 0 unspecified atom stereocenters. The van der Waals surface area contributed by atoms with Gasteiger partial charge in [0.25, 0.3) is 0 Å². The van der Waals surface area contributed by atoms with Crippen molar-refractivity contribution < 1.29 is 0 Å². The minimum absolute atomic E-state index is 0.693. The maximum absolute atomic E-state index is 5.67. The SMILES string of the molecule is Nc1cccn2cc(Br)nc12. The van der Waals surface area contributed by atoms with Crippen LogP contribution in [0.5, 0.6) is 0 Å². The number of nitrogens with two attached hydrogens (primary N) is 1. The summed E-state index contributed by atoms with van der Waals surface area (Å²) in [5.41, 5.74) is 7.15.